The molecule has 0 radical (unpaired) electrons. The number of nitrogens with two attached hydrogens (primary N) is 3. The van der Waals surface area contributed by atoms with Gasteiger partial charge in [0.15, 0.2) is 0 Å². The number of rotatable bonds is 2. The second-order valence-electron chi connectivity index (χ2n) is 9.98. The molecule has 0 unspecified atom stereocenters. The van der Waals surface area contributed by atoms with Gasteiger partial charge in [-0.2, -0.15) is 0 Å². The fourth-order valence-corrected chi connectivity index (χ4v) is 5.46. The van der Waals surface area contributed by atoms with Crippen molar-refractivity contribution in [2.75, 3.05) is 0 Å². The molecule has 8 bridgehead atoms. The number of nitrogens with zero attached hydrogens (tertiary/aromatic N) is 6. The van der Waals surface area contributed by atoms with E-state index in [1.54, 1.807) is 6.07 Å². The molecule has 12 heteroatoms. The topological polar surface area (TPSA) is 187 Å². The Morgan fingerprint density at radius 2 is 0.977 bits per heavy atom. The van der Waals surface area contributed by atoms with Gasteiger partial charge < -0.3 is 0 Å². The Labute approximate surface area is 250 Å². The normalized spacial score (nSPS) is 12.5. The van der Waals surface area contributed by atoms with E-state index >= 15 is 0 Å². The summed E-state index contributed by atoms with van der Waals surface area (Å²) in [5, 5.41) is 1.81. The number of aromatic nitrogens is 8. The Hall–Kier alpha value is -5.58. The van der Waals surface area contributed by atoms with Crippen molar-refractivity contribution in [1.29, 1.82) is 0 Å². The van der Waals surface area contributed by atoms with Crippen LogP contribution in [0.2, 0.25) is 0 Å². The van der Waals surface area contributed by atoms with Crippen molar-refractivity contribution in [3.63, 3.8) is 0 Å². The maximum absolute atomic E-state index is 6.47. The second kappa shape index (κ2) is 9.48. The van der Waals surface area contributed by atoms with Crippen molar-refractivity contribution >= 4 is 43.7 Å². The summed E-state index contributed by atoms with van der Waals surface area (Å²) in [6.45, 7) is 0. The molecule has 8 N–H and O–H groups in total. The Bertz CT molecular complexity index is 2370. The summed E-state index contributed by atoms with van der Waals surface area (Å²) in [5.74, 6) is 1.95. The zero-order valence-electron chi connectivity index (χ0n) is 22.2. The molecule has 2 aliphatic heterocycles. The third-order valence-electron chi connectivity index (χ3n) is 7.40. The van der Waals surface area contributed by atoms with E-state index in [1.165, 1.54) is 0 Å². The number of aromatic amines is 2. The van der Waals surface area contributed by atoms with Crippen molar-refractivity contribution in [2.45, 2.75) is 0 Å². The van der Waals surface area contributed by atoms with E-state index in [-0.39, 0.29) is 16.0 Å². The average molecular weight is 606 g/mol. The number of fused-ring (bicyclic) bond motifs is 17. The van der Waals surface area contributed by atoms with Crippen LogP contribution in [0.5, 0.6) is 0 Å². The molecule has 6 aromatic rings. The van der Waals surface area contributed by atoms with Gasteiger partial charge in [0.2, 0.25) is 0 Å². The van der Waals surface area contributed by atoms with Gasteiger partial charge in [-0.15, -0.1) is 0 Å². The zero-order valence-corrected chi connectivity index (χ0v) is 23.2. The van der Waals surface area contributed by atoms with Crippen molar-refractivity contribution in [3.8, 4) is 45.6 Å². The van der Waals surface area contributed by atoms with Gasteiger partial charge in [-0.05, 0) is 0 Å². The number of hydrogen-bond acceptors (Lipinski definition) is 9. The maximum atomic E-state index is 6.47. The molecule has 2 aliphatic rings. The van der Waals surface area contributed by atoms with Crippen molar-refractivity contribution in [3.05, 3.63) is 90.1 Å². The van der Waals surface area contributed by atoms with E-state index in [4.69, 9.17) is 62.1 Å². The van der Waals surface area contributed by atoms with Crippen LogP contribution >= 0.6 is 0 Å². The second-order valence-corrected chi connectivity index (χ2v) is 10.5. The molecular formula is C31H21N11Ni. The molecule has 0 saturated carbocycles. The van der Waals surface area contributed by atoms with Gasteiger partial charge in [-0.1, -0.05) is 24.3 Å². The fourth-order valence-electron chi connectivity index (χ4n) is 5.33. The number of nitrogens with one attached hydrogen (secondary N) is 2. The summed E-state index contributed by atoms with van der Waals surface area (Å²) < 4.78 is 0.0202. The summed E-state index contributed by atoms with van der Waals surface area (Å²) in [4.78, 5) is 36.0. The van der Waals surface area contributed by atoms with Crippen LogP contribution in [0.4, 0.5) is 0 Å². The van der Waals surface area contributed by atoms with Gasteiger partial charge >= 0.3 is 222 Å². The van der Waals surface area contributed by atoms with Gasteiger partial charge in [-0.3, -0.25) is 0 Å². The van der Waals surface area contributed by atoms with Gasteiger partial charge in [0.25, 0.3) is 0 Å². The third kappa shape index (κ3) is 4.04. The molecule has 5 heterocycles. The van der Waals surface area contributed by atoms with Crippen LogP contribution in [0.3, 0.4) is 0 Å². The van der Waals surface area contributed by atoms with Crippen LogP contribution in [0.25, 0.3) is 84.6 Å². The van der Waals surface area contributed by atoms with Crippen molar-refractivity contribution in [2.24, 2.45) is 17.2 Å². The summed E-state index contributed by atoms with van der Waals surface area (Å²) in [7, 11) is 0. The van der Waals surface area contributed by atoms with E-state index in [9.17, 15) is 0 Å². The molecule has 0 amide bonds. The average Bonchev–Trinajstić information content (AvgIpc) is 3.77. The summed E-state index contributed by atoms with van der Waals surface area (Å²) in [5.41, 5.74) is 24.6. The van der Waals surface area contributed by atoms with Crippen LogP contribution in [-0.2, 0) is 15.0 Å². The molecule has 0 atom stereocenters. The molecule has 43 heavy (non-hydrogen) atoms. The van der Waals surface area contributed by atoms with Gasteiger partial charge in [-0.25, -0.2) is 0 Å². The fraction of sp³-hybridized carbons (Fsp3) is 0. The SMILES string of the molecule is N[C](=[Ni])/C(N)=C(/N)c1cc2nc3nc(nc4[nH]c(nc5nc(nc1[nH]2)-c1ccccc1-5)c1ccccc41)-c1ccccc1-3. The predicted molar refractivity (Wildman–Crippen MR) is 163 cm³/mol. The van der Waals surface area contributed by atoms with Crippen LogP contribution in [0.1, 0.15) is 5.56 Å². The zero-order chi connectivity index (χ0) is 29.2. The van der Waals surface area contributed by atoms with Crippen LogP contribution < -0.4 is 17.2 Å². The Morgan fingerprint density at radius 3 is 1.47 bits per heavy atom. The van der Waals surface area contributed by atoms with E-state index < -0.39 is 0 Å². The van der Waals surface area contributed by atoms with E-state index in [0.717, 1.165) is 33.0 Å². The number of H-pyrrole nitrogens is 2. The minimum atomic E-state index is 0.0202. The molecule has 11 nitrogen and oxygen atoms in total. The molecular weight excluding hydrogens is 585 g/mol. The molecule has 3 aromatic heterocycles. The van der Waals surface area contributed by atoms with Crippen molar-refractivity contribution in [1.82, 2.24) is 39.9 Å². The first-order chi connectivity index (χ1) is 20.9. The molecule has 0 spiro atoms. The first-order valence-corrected chi connectivity index (χ1v) is 13.8. The molecule has 0 fully saturated rings. The third-order valence-corrected chi connectivity index (χ3v) is 7.66. The molecule has 210 valence electrons. The van der Waals surface area contributed by atoms with Crippen LogP contribution in [0, 0.1) is 0 Å². The summed E-state index contributed by atoms with van der Waals surface area (Å²) in [6.07, 6.45) is 0. The number of hydrogen-bond donors (Lipinski definition) is 5. The van der Waals surface area contributed by atoms with Gasteiger partial charge in [0, 0.05) is 5.39 Å². The van der Waals surface area contributed by atoms with E-state index in [2.05, 4.69) is 9.97 Å². The van der Waals surface area contributed by atoms with E-state index in [1.807, 2.05) is 72.8 Å². The molecule has 0 aliphatic carbocycles. The number of benzene rings is 3. The van der Waals surface area contributed by atoms with Crippen LogP contribution in [-0.4, -0.2) is 44.5 Å². The van der Waals surface area contributed by atoms with Crippen molar-refractivity contribution < 1.29 is 15.0 Å². The molecule has 8 rings (SSSR count). The Morgan fingerprint density at radius 1 is 0.535 bits per heavy atom. The first-order valence-electron chi connectivity index (χ1n) is 13.3. The summed E-state index contributed by atoms with van der Waals surface area (Å²) in [6, 6.07) is 25.3. The first kappa shape index (κ1) is 25.2. The minimum absolute atomic E-state index is 0.0202. The van der Waals surface area contributed by atoms with Crippen LogP contribution in [0.15, 0.2) is 84.6 Å². The molecule has 3 aromatic carbocycles. The van der Waals surface area contributed by atoms with E-state index in [0.29, 0.717) is 51.4 Å². The molecule has 0 saturated heterocycles. The quantitative estimate of drug-likeness (QED) is 0.182. The van der Waals surface area contributed by atoms with Gasteiger partial charge in [0.05, 0.1) is 0 Å². The standard InChI is InChI=1S/C31H21N11.Ni/c32-14-22(33)24(34)21-13-23-35-25-15-7-1-2-8-16(15)26(37-25)38-27-17-9-3-4-10-18(17)28(39-27)40-29-19-11-5-6-12-20(19)30(41-29)42-31(21)36-23;/h1-13H,32-34H2,(H2,35,36,37,38,39,40,41,42);/b24-22-;. The summed E-state index contributed by atoms with van der Waals surface area (Å²) >= 11 is 4.76. The Balaban J connectivity index is 1.56. The Kier molecular flexibility index (Phi) is 5.55. The van der Waals surface area contributed by atoms with Gasteiger partial charge in [0.1, 0.15) is 0 Å². The predicted octanol–water partition coefficient (Wildman–Crippen LogP) is 3.94. The monoisotopic (exact) mass is 605 g/mol.